The molecule has 0 spiro atoms. The monoisotopic (exact) mass is 416 g/mol. The van der Waals surface area contributed by atoms with Crippen molar-refractivity contribution in [3.05, 3.63) is 54.1 Å². The molecule has 1 amide bonds. The summed E-state index contributed by atoms with van der Waals surface area (Å²) in [6.45, 7) is 4.05. The molecule has 1 fully saturated rings. The summed E-state index contributed by atoms with van der Waals surface area (Å²) in [4.78, 5) is 12.8. The van der Waals surface area contributed by atoms with Gasteiger partial charge in [0.2, 0.25) is 5.91 Å². The second kappa shape index (κ2) is 9.31. The first kappa shape index (κ1) is 21.2. The van der Waals surface area contributed by atoms with Crippen molar-refractivity contribution in [2.75, 3.05) is 17.5 Å². The molecule has 0 bridgehead atoms. The largest absolute Gasteiger partial charge is 0.494 e. The van der Waals surface area contributed by atoms with Gasteiger partial charge in [0.1, 0.15) is 12.3 Å². The maximum atomic E-state index is 13.4. The molecule has 0 aliphatic heterocycles. The minimum atomic E-state index is -3.91. The van der Waals surface area contributed by atoms with Gasteiger partial charge in [0, 0.05) is 6.04 Å². The van der Waals surface area contributed by atoms with E-state index < -0.39 is 10.0 Å². The molecule has 1 aliphatic carbocycles. The topological polar surface area (TPSA) is 75.7 Å². The van der Waals surface area contributed by atoms with Gasteiger partial charge in [-0.25, -0.2) is 8.42 Å². The molecule has 1 saturated carbocycles. The molecule has 3 rings (SSSR count). The molecule has 1 aliphatic rings. The standard InChI is InChI=1S/C22H28N2O4S/c1-3-28-20-12-14-21(15-13-20)29(26,27)24(19-10-8-17(2)9-11-19)16-22(25)23-18-6-4-5-7-18/h8-15,18H,3-7,16H2,1-2H3,(H,23,25). The number of rotatable bonds is 8. The highest BCUT2D eigenvalue weighted by Gasteiger charge is 2.28. The molecule has 29 heavy (non-hydrogen) atoms. The third kappa shape index (κ3) is 5.29. The zero-order valence-corrected chi connectivity index (χ0v) is 17.7. The van der Waals surface area contributed by atoms with Gasteiger partial charge in [0.05, 0.1) is 17.2 Å². The highest BCUT2D eigenvalue weighted by atomic mass is 32.2. The van der Waals surface area contributed by atoms with Crippen LogP contribution in [0.3, 0.4) is 0 Å². The zero-order valence-electron chi connectivity index (χ0n) is 16.9. The Bertz CT molecular complexity index is 918. The molecule has 0 saturated heterocycles. The Kier molecular flexibility index (Phi) is 6.79. The van der Waals surface area contributed by atoms with Gasteiger partial charge in [-0.1, -0.05) is 30.5 Å². The first-order valence-electron chi connectivity index (χ1n) is 10.0. The van der Waals surface area contributed by atoms with E-state index in [1.54, 1.807) is 24.3 Å². The number of hydrogen-bond donors (Lipinski definition) is 1. The normalized spacial score (nSPS) is 14.6. The van der Waals surface area contributed by atoms with Crippen LogP contribution in [0.2, 0.25) is 0 Å². The fourth-order valence-corrected chi connectivity index (χ4v) is 4.92. The SMILES string of the molecule is CCOc1ccc(S(=O)(=O)N(CC(=O)NC2CCCC2)c2ccc(C)cc2)cc1. The Balaban J connectivity index is 1.88. The highest BCUT2D eigenvalue weighted by Crippen LogP contribution is 2.26. The predicted molar refractivity (Wildman–Crippen MR) is 114 cm³/mol. The van der Waals surface area contributed by atoms with Gasteiger partial charge in [-0.2, -0.15) is 0 Å². The van der Waals surface area contributed by atoms with E-state index in [2.05, 4.69) is 5.32 Å². The number of benzene rings is 2. The van der Waals surface area contributed by atoms with E-state index in [1.165, 1.54) is 16.4 Å². The number of nitrogens with zero attached hydrogens (tertiary/aromatic N) is 1. The average molecular weight is 417 g/mol. The quantitative estimate of drug-likeness (QED) is 0.713. The van der Waals surface area contributed by atoms with E-state index in [9.17, 15) is 13.2 Å². The first-order chi connectivity index (χ1) is 13.9. The number of hydrogen-bond acceptors (Lipinski definition) is 4. The van der Waals surface area contributed by atoms with Gasteiger partial charge in [-0.3, -0.25) is 9.10 Å². The molecule has 0 radical (unpaired) electrons. The minimum Gasteiger partial charge on any atom is -0.494 e. The number of sulfonamides is 1. The number of carbonyl (C=O) groups excluding carboxylic acids is 1. The Morgan fingerprint density at radius 1 is 1.07 bits per heavy atom. The number of ether oxygens (including phenoxy) is 1. The van der Waals surface area contributed by atoms with Crippen molar-refractivity contribution in [2.45, 2.75) is 50.5 Å². The first-order valence-corrected chi connectivity index (χ1v) is 11.5. The third-order valence-corrected chi connectivity index (χ3v) is 6.84. The summed E-state index contributed by atoms with van der Waals surface area (Å²) < 4.78 is 33.3. The van der Waals surface area contributed by atoms with Crippen LogP contribution in [0.4, 0.5) is 5.69 Å². The molecule has 2 aromatic carbocycles. The van der Waals surface area contributed by atoms with Gasteiger partial charge in [-0.15, -0.1) is 0 Å². The van der Waals surface area contributed by atoms with Crippen molar-refractivity contribution < 1.29 is 17.9 Å². The summed E-state index contributed by atoms with van der Waals surface area (Å²) in [6, 6.07) is 13.5. The summed E-state index contributed by atoms with van der Waals surface area (Å²) in [6.07, 6.45) is 4.08. The molecule has 1 N–H and O–H groups in total. The molecular weight excluding hydrogens is 388 g/mol. The van der Waals surface area contributed by atoms with E-state index in [0.717, 1.165) is 31.2 Å². The van der Waals surface area contributed by atoms with Gasteiger partial charge < -0.3 is 10.1 Å². The highest BCUT2D eigenvalue weighted by molar-refractivity contribution is 7.92. The van der Waals surface area contributed by atoms with Crippen LogP contribution >= 0.6 is 0 Å². The fraction of sp³-hybridized carbons (Fsp3) is 0.409. The lowest BCUT2D eigenvalue weighted by atomic mass is 10.2. The lowest BCUT2D eigenvalue weighted by Crippen LogP contribution is -2.43. The molecule has 6 nitrogen and oxygen atoms in total. The van der Waals surface area contributed by atoms with E-state index in [-0.39, 0.29) is 23.4 Å². The molecule has 0 unspecified atom stereocenters. The smallest absolute Gasteiger partial charge is 0.264 e. The van der Waals surface area contributed by atoms with Crippen molar-refractivity contribution in [3.8, 4) is 5.75 Å². The number of anilines is 1. The summed E-state index contributed by atoms with van der Waals surface area (Å²) in [5, 5.41) is 2.97. The molecular formula is C22H28N2O4S. The number of carbonyl (C=O) groups is 1. The Hall–Kier alpha value is -2.54. The lowest BCUT2D eigenvalue weighted by Gasteiger charge is -2.25. The maximum absolute atomic E-state index is 13.4. The Labute approximate surface area is 172 Å². The second-order valence-corrected chi connectivity index (χ2v) is 9.16. The maximum Gasteiger partial charge on any atom is 0.264 e. The van der Waals surface area contributed by atoms with Crippen LogP contribution in [0, 0.1) is 6.92 Å². The second-order valence-electron chi connectivity index (χ2n) is 7.30. The van der Waals surface area contributed by atoms with Gasteiger partial charge in [0.25, 0.3) is 10.0 Å². The molecule has 0 heterocycles. The van der Waals surface area contributed by atoms with Crippen molar-refractivity contribution in [1.29, 1.82) is 0 Å². The minimum absolute atomic E-state index is 0.121. The molecule has 7 heteroatoms. The fourth-order valence-electron chi connectivity index (χ4n) is 3.50. The summed E-state index contributed by atoms with van der Waals surface area (Å²) in [5.74, 6) is 0.319. The zero-order chi connectivity index (χ0) is 20.9. The lowest BCUT2D eigenvalue weighted by molar-refractivity contribution is -0.120. The van der Waals surface area contributed by atoms with Crippen molar-refractivity contribution in [3.63, 3.8) is 0 Å². The van der Waals surface area contributed by atoms with Gasteiger partial charge >= 0.3 is 0 Å². The van der Waals surface area contributed by atoms with Crippen LogP contribution in [0.1, 0.15) is 38.2 Å². The van der Waals surface area contributed by atoms with Gasteiger partial charge in [0.15, 0.2) is 0 Å². The number of aryl methyl sites for hydroxylation is 1. The van der Waals surface area contributed by atoms with Crippen LogP contribution in [0.25, 0.3) is 0 Å². The van der Waals surface area contributed by atoms with E-state index >= 15 is 0 Å². The molecule has 156 valence electrons. The van der Waals surface area contributed by atoms with Crippen molar-refractivity contribution in [1.82, 2.24) is 5.32 Å². The number of nitrogens with one attached hydrogen (secondary N) is 1. The van der Waals surface area contributed by atoms with Crippen LogP contribution in [-0.4, -0.2) is 33.5 Å². The molecule has 0 atom stereocenters. The van der Waals surface area contributed by atoms with Crippen LogP contribution in [0.15, 0.2) is 53.4 Å². The van der Waals surface area contributed by atoms with Crippen molar-refractivity contribution in [2.24, 2.45) is 0 Å². The van der Waals surface area contributed by atoms with Gasteiger partial charge in [-0.05, 0) is 63.1 Å². The van der Waals surface area contributed by atoms with Crippen molar-refractivity contribution >= 4 is 21.6 Å². The Morgan fingerprint density at radius 3 is 2.28 bits per heavy atom. The molecule has 0 aromatic heterocycles. The van der Waals surface area contributed by atoms with E-state index in [0.29, 0.717) is 18.0 Å². The third-order valence-electron chi connectivity index (χ3n) is 5.05. The van der Waals surface area contributed by atoms with E-state index in [4.69, 9.17) is 4.74 Å². The number of amides is 1. The summed E-state index contributed by atoms with van der Waals surface area (Å²) in [7, 11) is -3.91. The summed E-state index contributed by atoms with van der Waals surface area (Å²) >= 11 is 0. The van der Waals surface area contributed by atoms with Crippen LogP contribution in [0.5, 0.6) is 5.75 Å². The molecule has 2 aromatic rings. The van der Waals surface area contributed by atoms with E-state index in [1.807, 2.05) is 26.0 Å². The average Bonchev–Trinajstić information content (AvgIpc) is 3.20. The predicted octanol–water partition coefficient (Wildman–Crippen LogP) is 3.65. The van der Waals surface area contributed by atoms with Crippen LogP contribution in [-0.2, 0) is 14.8 Å². The summed E-state index contributed by atoms with van der Waals surface area (Å²) in [5.41, 5.74) is 1.48. The Morgan fingerprint density at radius 2 is 1.69 bits per heavy atom. The van der Waals surface area contributed by atoms with Crippen LogP contribution < -0.4 is 14.4 Å².